The Bertz CT molecular complexity index is 985. The second kappa shape index (κ2) is 6.48. The monoisotopic (exact) mass is 356 g/mol. The second-order valence-electron chi connectivity index (χ2n) is 6.67. The molecule has 1 aliphatic heterocycles. The number of rotatable bonds is 2. The maximum Gasteiger partial charge on any atom is 0.275 e. The molecule has 1 aromatic carbocycles. The number of aryl methyl sites for hydroxylation is 1. The summed E-state index contributed by atoms with van der Waals surface area (Å²) in [6, 6.07) is 6.64. The number of nitrogens with one attached hydrogen (secondary N) is 1. The van der Waals surface area contributed by atoms with Gasteiger partial charge in [-0.2, -0.15) is 0 Å². The SMILES string of the molecule is Cc1cccc2[nH]c([C@H]3CCCN(C(=O)c4ncc(F)cc4F)C3)nc12. The van der Waals surface area contributed by atoms with Crippen LogP contribution in [-0.2, 0) is 0 Å². The molecule has 3 aromatic rings. The Hall–Kier alpha value is -2.83. The van der Waals surface area contributed by atoms with Gasteiger partial charge in [0.1, 0.15) is 11.6 Å². The van der Waals surface area contributed by atoms with Crippen molar-refractivity contribution in [2.45, 2.75) is 25.7 Å². The second-order valence-corrected chi connectivity index (χ2v) is 6.67. The van der Waals surface area contributed by atoms with Gasteiger partial charge in [-0.05, 0) is 31.4 Å². The Kier molecular flexibility index (Phi) is 4.14. The Morgan fingerprint density at radius 1 is 1.35 bits per heavy atom. The number of nitrogens with zero attached hydrogens (tertiary/aromatic N) is 3. The Balaban J connectivity index is 1.58. The molecule has 1 saturated heterocycles. The van der Waals surface area contributed by atoms with E-state index in [2.05, 4.69) is 9.97 Å². The molecule has 0 spiro atoms. The van der Waals surface area contributed by atoms with Gasteiger partial charge in [-0.3, -0.25) is 4.79 Å². The lowest BCUT2D eigenvalue weighted by atomic mass is 9.97. The number of halogens is 2. The predicted octanol–water partition coefficient (Wildman–Crippen LogP) is 3.56. The normalized spacial score (nSPS) is 17.7. The highest BCUT2D eigenvalue weighted by atomic mass is 19.1. The van der Waals surface area contributed by atoms with Crippen LogP contribution in [0.15, 0.2) is 30.5 Å². The summed E-state index contributed by atoms with van der Waals surface area (Å²) in [5.74, 6) is -1.37. The molecular weight excluding hydrogens is 338 g/mol. The summed E-state index contributed by atoms with van der Waals surface area (Å²) < 4.78 is 26.9. The highest BCUT2D eigenvalue weighted by molar-refractivity contribution is 5.92. The van der Waals surface area contributed by atoms with Gasteiger partial charge in [0.15, 0.2) is 11.5 Å². The first-order valence-corrected chi connectivity index (χ1v) is 8.58. The smallest absolute Gasteiger partial charge is 0.275 e. The minimum absolute atomic E-state index is 0.0445. The van der Waals surface area contributed by atoms with Gasteiger partial charge in [0, 0.05) is 25.1 Å². The summed E-state index contributed by atoms with van der Waals surface area (Å²) in [6.07, 6.45) is 2.54. The van der Waals surface area contributed by atoms with Gasteiger partial charge in [-0.15, -0.1) is 0 Å². The Morgan fingerprint density at radius 2 is 2.19 bits per heavy atom. The van der Waals surface area contributed by atoms with E-state index >= 15 is 0 Å². The third-order valence-electron chi connectivity index (χ3n) is 4.84. The molecule has 0 saturated carbocycles. The number of likely N-dealkylation sites (tertiary alicyclic amines) is 1. The van der Waals surface area contributed by atoms with E-state index in [0.29, 0.717) is 19.2 Å². The number of fused-ring (bicyclic) bond motifs is 1. The van der Waals surface area contributed by atoms with Crippen LogP contribution in [0, 0.1) is 18.6 Å². The molecule has 5 nitrogen and oxygen atoms in total. The van der Waals surface area contributed by atoms with E-state index in [0.717, 1.165) is 41.5 Å². The molecule has 4 rings (SSSR count). The zero-order valence-electron chi connectivity index (χ0n) is 14.3. The predicted molar refractivity (Wildman–Crippen MR) is 92.9 cm³/mol. The number of imidazole rings is 1. The molecule has 1 aliphatic rings. The standard InChI is InChI=1S/C19H18F2N4O/c1-11-4-2-6-15-16(11)24-18(23-15)12-5-3-7-25(10-12)19(26)17-14(21)8-13(20)9-22-17/h2,4,6,8-9,12H,3,5,7,10H2,1H3,(H,23,24)/t12-/m0/s1. The first-order valence-electron chi connectivity index (χ1n) is 8.58. The fourth-order valence-corrected chi connectivity index (χ4v) is 3.49. The fourth-order valence-electron chi connectivity index (χ4n) is 3.49. The van der Waals surface area contributed by atoms with Crippen molar-refractivity contribution >= 4 is 16.9 Å². The van der Waals surface area contributed by atoms with Gasteiger partial charge < -0.3 is 9.88 Å². The molecule has 1 fully saturated rings. The number of hydrogen-bond acceptors (Lipinski definition) is 3. The number of amides is 1. The number of benzene rings is 1. The van der Waals surface area contributed by atoms with E-state index in [-0.39, 0.29) is 11.6 Å². The largest absolute Gasteiger partial charge is 0.342 e. The Morgan fingerprint density at radius 3 is 2.96 bits per heavy atom. The summed E-state index contributed by atoms with van der Waals surface area (Å²) in [7, 11) is 0. The highest BCUT2D eigenvalue weighted by Gasteiger charge is 2.29. The van der Waals surface area contributed by atoms with E-state index in [1.54, 1.807) is 4.90 Å². The number of pyridine rings is 1. The minimum atomic E-state index is -0.934. The number of hydrogen-bond donors (Lipinski definition) is 1. The van der Waals surface area contributed by atoms with E-state index in [1.807, 2.05) is 25.1 Å². The van der Waals surface area contributed by atoms with Gasteiger partial charge in [0.05, 0.1) is 17.2 Å². The van der Waals surface area contributed by atoms with Crippen molar-refractivity contribution in [2.75, 3.05) is 13.1 Å². The molecule has 0 bridgehead atoms. The van der Waals surface area contributed by atoms with Crippen LogP contribution in [0.1, 0.15) is 40.6 Å². The minimum Gasteiger partial charge on any atom is -0.342 e. The summed E-state index contributed by atoms with van der Waals surface area (Å²) in [5, 5.41) is 0. The quantitative estimate of drug-likeness (QED) is 0.764. The van der Waals surface area contributed by atoms with Gasteiger partial charge in [0.2, 0.25) is 0 Å². The van der Waals surface area contributed by atoms with Gasteiger partial charge in [-0.25, -0.2) is 18.7 Å². The van der Waals surface area contributed by atoms with E-state index in [1.165, 1.54) is 0 Å². The molecule has 7 heteroatoms. The van der Waals surface area contributed by atoms with Crippen molar-refractivity contribution in [1.29, 1.82) is 0 Å². The number of aromatic nitrogens is 3. The van der Waals surface area contributed by atoms with Gasteiger partial charge in [-0.1, -0.05) is 12.1 Å². The van der Waals surface area contributed by atoms with Crippen LogP contribution < -0.4 is 0 Å². The molecule has 1 N–H and O–H groups in total. The van der Waals surface area contributed by atoms with Gasteiger partial charge in [0.25, 0.3) is 5.91 Å². The molecule has 1 atom stereocenters. The highest BCUT2D eigenvalue weighted by Crippen LogP contribution is 2.28. The summed E-state index contributed by atoms with van der Waals surface area (Å²) >= 11 is 0. The van der Waals surface area contributed by atoms with Crippen LogP contribution in [0.4, 0.5) is 8.78 Å². The lowest BCUT2D eigenvalue weighted by Crippen LogP contribution is -2.40. The lowest BCUT2D eigenvalue weighted by Gasteiger charge is -2.31. The van der Waals surface area contributed by atoms with Crippen molar-refractivity contribution in [1.82, 2.24) is 19.9 Å². The van der Waals surface area contributed by atoms with Crippen LogP contribution >= 0.6 is 0 Å². The van der Waals surface area contributed by atoms with E-state index in [4.69, 9.17) is 4.98 Å². The molecular formula is C19H18F2N4O. The number of carbonyl (C=O) groups is 1. The third-order valence-corrected chi connectivity index (χ3v) is 4.84. The summed E-state index contributed by atoms with van der Waals surface area (Å²) in [4.78, 5) is 25.8. The average molecular weight is 356 g/mol. The van der Waals surface area contributed by atoms with Crippen LogP contribution in [-0.4, -0.2) is 38.8 Å². The first kappa shape index (κ1) is 16.6. The molecule has 0 radical (unpaired) electrons. The van der Waals surface area contributed by atoms with Crippen LogP contribution in [0.5, 0.6) is 0 Å². The van der Waals surface area contributed by atoms with Crippen LogP contribution in [0.3, 0.4) is 0 Å². The first-order chi connectivity index (χ1) is 12.5. The zero-order valence-corrected chi connectivity index (χ0v) is 14.3. The van der Waals surface area contributed by atoms with Crippen molar-refractivity contribution in [3.63, 3.8) is 0 Å². The van der Waals surface area contributed by atoms with E-state index in [9.17, 15) is 13.6 Å². The summed E-state index contributed by atoms with van der Waals surface area (Å²) in [5.41, 5.74) is 2.64. The topological polar surface area (TPSA) is 61.9 Å². The number of carbonyl (C=O) groups excluding carboxylic acids is 1. The maximum atomic E-state index is 13.9. The maximum absolute atomic E-state index is 13.9. The molecule has 1 amide bonds. The zero-order chi connectivity index (χ0) is 18.3. The van der Waals surface area contributed by atoms with E-state index < -0.39 is 17.5 Å². The van der Waals surface area contributed by atoms with Crippen molar-refractivity contribution in [3.8, 4) is 0 Å². The van der Waals surface area contributed by atoms with Crippen LogP contribution in [0.2, 0.25) is 0 Å². The fraction of sp³-hybridized carbons (Fsp3) is 0.316. The number of H-pyrrole nitrogens is 1. The molecule has 0 unspecified atom stereocenters. The molecule has 2 aromatic heterocycles. The lowest BCUT2D eigenvalue weighted by molar-refractivity contribution is 0.0693. The van der Waals surface area contributed by atoms with Crippen molar-refractivity contribution in [3.05, 3.63) is 59.2 Å². The molecule has 26 heavy (non-hydrogen) atoms. The number of para-hydroxylation sites is 1. The number of aromatic amines is 1. The Labute approximate surface area is 149 Å². The molecule has 134 valence electrons. The van der Waals surface area contributed by atoms with Gasteiger partial charge >= 0.3 is 0 Å². The molecule has 3 heterocycles. The van der Waals surface area contributed by atoms with Crippen molar-refractivity contribution in [2.24, 2.45) is 0 Å². The van der Waals surface area contributed by atoms with Crippen molar-refractivity contribution < 1.29 is 13.6 Å². The summed E-state index contributed by atoms with van der Waals surface area (Å²) in [6.45, 7) is 2.95. The third kappa shape index (κ3) is 2.94. The number of piperidine rings is 1. The molecule has 0 aliphatic carbocycles. The average Bonchev–Trinajstić information content (AvgIpc) is 3.07. The van der Waals surface area contributed by atoms with Crippen LogP contribution in [0.25, 0.3) is 11.0 Å².